The van der Waals surface area contributed by atoms with Crippen molar-refractivity contribution in [2.75, 3.05) is 19.8 Å². The number of guanidine groups is 1. The van der Waals surface area contributed by atoms with Gasteiger partial charge in [-0.3, -0.25) is 15.1 Å². The maximum atomic E-state index is 11.3. The maximum Gasteiger partial charge on any atom is 0.320 e. The van der Waals surface area contributed by atoms with Crippen molar-refractivity contribution >= 4 is 11.9 Å². The highest BCUT2D eigenvalue weighted by atomic mass is 16.6. The van der Waals surface area contributed by atoms with Crippen LogP contribution in [-0.4, -0.2) is 87.3 Å². The van der Waals surface area contributed by atoms with Crippen LogP contribution in [0.15, 0.2) is 4.99 Å². The van der Waals surface area contributed by atoms with Crippen LogP contribution in [0.4, 0.5) is 0 Å². The van der Waals surface area contributed by atoms with Gasteiger partial charge in [-0.05, 0) is 12.8 Å². The number of nitrogens with one attached hydrogen (secondary N) is 1. The molecule has 1 fully saturated rings. The van der Waals surface area contributed by atoms with E-state index in [0.717, 1.165) is 0 Å². The lowest BCUT2D eigenvalue weighted by Crippen LogP contribution is -2.62. The van der Waals surface area contributed by atoms with Crippen molar-refractivity contribution in [3.63, 3.8) is 0 Å². The Morgan fingerprint density at radius 1 is 1.35 bits per heavy atom. The molecule has 0 spiro atoms. The minimum atomic E-state index is -1.88. The summed E-state index contributed by atoms with van der Waals surface area (Å²) in [6, 6.07) is -1.18. The Kier molecular flexibility index (Phi) is 7.12. The number of nitrogens with zero attached hydrogens (tertiary/aromatic N) is 1. The van der Waals surface area contributed by atoms with Gasteiger partial charge in [0, 0.05) is 6.54 Å². The normalized spacial score (nSPS) is 31.7. The summed E-state index contributed by atoms with van der Waals surface area (Å²) in [5.41, 5.74) is 8.45. The Hall–Kier alpha value is -1.50. The zero-order valence-electron chi connectivity index (χ0n) is 12.5. The number of carboxylic acid groups (broad SMARTS) is 1. The third kappa shape index (κ3) is 4.73. The molecule has 0 amide bonds. The predicted molar refractivity (Wildman–Crippen MR) is 78.3 cm³/mol. The average molecular weight is 336 g/mol. The van der Waals surface area contributed by atoms with Gasteiger partial charge in [0.05, 0.1) is 13.2 Å². The SMILES string of the molecule is NC(N)=NCCCC(NC1(CO)O[C@H](CO)[C@@H](O)[C@@H]1O)C(=O)O. The number of aliphatic hydroxyl groups is 4. The highest BCUT2D eigenvalue weighted by Gasteiger charge is 2.54. The Balaban J connectivity index is 2.76. The fourth-order valence-corrected chi connectivity index (χ4v) is 2.39. The van der Waals surface area contributed by atoms with E-state index >= 15 is 0 Å². The number of hydrogen-bond donors (Lipinski definition) is 8. The molecule has 23 heavy (non-hydrogen) atoms. The Labute approximate surface area is 132 Å². The first kappa shape index (κ1) is 19.5. The molecule has 11 nitrogen and oxygen atoms in total. The van der Waals surface area contributed by atoms with Crippen LogP contribution in [0.5, 0.6) is 0 Å². The molecule has 1 aliphatic rings. The third-order valence-corrected chi connectivity index (χ3v) is 3.62. The number of aliphatic hydroxyl groups excluding tert-OH is 4. The number of rotatable bonds is 9. The van der Waals surface area contributed by atoms with Gasteiger partial charge in [-0.1, -0.05) is 0 Å². The van der Waals surface area contributed by atoms with E-state index in [1.165, 1.54) is 0 Å². The van der Waals surface area contributed by atoms with Crippen LogP contribution in [0.3, 0.4) is 0 Å². The quantitative estimate of drug-likeness (QED) is 0.116. The van der Waals surface area contributed by atoms with Crippen molar-refractivity contribution in [1.29, 1.82) is 0 Å². The first-order valence-electron chi connectivity index (χ1n) is 7.09. The molecule has 1 aliphatic heterocycles. The van der Waals surface area contributed by atoms with Crippen molar-refractivity contribution in [1.82, 2.24) is 5.32 Å². The van der Waals surface area contributed by atoms with Crippen LogP contribution in [0.1, 0.15) is 12.8 Å². The second-order valence-electron chi connectivity index (χ2n) is 5.31. The van der Waals surface area contributed by atoms with Crippen LogP contribution in [-0.2, 0) is 9.53 Å². The molecule has 0 aromatic heterocycles. The van der Waals surface area contributed by atoms with Crippen LogP contribution in [0.25, 0.3) is 0 Å². The Bertz CT molecular complexity index is 432. The van der Waals surface area contributed by atoms with E-state index in [0.29, 0.717) is 6.42 Å². The van der Waals surface area contributed by atoms with Crippen molar-refractivity contribution in [3.8, 4) is 0 Å². The van der Waals surface area contributed by atoms with Gasteiger partial charge in [0.1, 0.15) is 24.4 Å². The molecule has 1 saturated heterocycles. The number of aliphatic carboxylic acids is 1. The molecule has 2 unspecified atom stereocenters. The van der Waals surface area contributed by atoms with Gasteiger partial charge >= 0.3 is 5.97 Å². The summed E-state index contributed by atoms with van der Waals surface area (Å²) in [7, 11) is 0. The van der Waals surface area contributed by atoms with Gasteiger partial charge in [0.25, 0.3) is 0 Å². The average Bonchev–Trinajstić information content (AvgIpc) is 2.75. The fraction of sp³-hybridized carbons (Fsp3) is 0.833. The largest absolute Gasteiger partial charge is 0.480 e. The first-order valence-corrected chi connectivity index (χ1v) is 7.09. The van der Waals surface area contributed by atoms with E-state index in [4.69, 9.17) is 21.3 Å². The van der Waals surface area contributed by atoms with E-state index in [2.05, 4.69) is 10.3 Å². The minimum Gasteiger partial charge on any atom is -0.480 e. The zero-order valence-corrected chi connectivity index (χ0v) is 12.5. The molecule has 10 N–H and O–H groups in total. The first-order chi connectivity index (χ1) is 10.8. The predicted octanol–water partition coefficient (Wildman–Crippen LogP) is -4.12. The molecule has 5 atom stereocenters. The second-order valence-corrected chi connectivity index (χ2v) is 5.31. The topological polar surface area (TPSA) is 204 Å². The van der Waals surface area contributed by atoms with Gasteiger partial charge in [0.15, 0.2) is 11.7 Å². The van der Waals surface area contributed by atoms with Gasteiger partial charge in [0.2, 0.25) is 0 Å². The molecule has 0 saturated carbocycles. The number of ether oxygens (including phenoxy) is 1. The van der Waals surface area contributed by atoms with Crippen LogP contribution >= 0.6 is 0 Å². The number of aliphatic imine (C=N–C) groups is 1. The maximum absolute atomic E-state index is 11.3. The van der Waals surface area contributed by atoms with Gasteiger partial charge in [-0.2, -0.15) is 0 Å². The lowest BCUT2D eigenvalue weighted by molar-refractivity contribution is -0.158. The smallest absolute Gasteiger partial charge is 0.320 e. The van der Waals surface area contributed by atoms with E-state index < -0.39 is 49.3 Å². The fourth-order valence-electron chi connectivity index (χ4n) is 2.39. The number of carboxylic acids is 1. The van der Waals surface area contributed by atoms with Gasteiger partial charge in [-0.15, -0.1) is 0 Å². The van der Waals surface area contributed by atoms with Crippen molar-refractivity contribution in [3.05, 3.63) is 0 Å². The van der Waals surface area contributed by atoms with E-state index in [1.807, 2.05) is 0 Å². The van der Waals surface area contributed by atoms with Crippen LogP contribution in [0.2, 0.25) is 0 Å². The summed E-state index contributed by atoms with van der Waals surface area (Å²) in [5, 5.41) is 50.2. The summed E-state index contributed by atoms with van der Waals surface area (Å²) >= 11 is 0. The van der Waals surface area contributed by atoms with Crippen LogP contribution in [0, 0.1) is 0 Å². The molecular weight excluding hydrogens is 312 g/mol. The summed E-state index contributed by atoms with van der Waals surface area (Å²) in [4.78, 5) is 15.1. The molecule has 1 heterocycles. The number of hydrogen-bond acceptors (Lipinski definition) is 8. The van der Waals surface area contributed by atoms with Crippen molar-refractivity contribution in [2.45, 2.75) is 42.9 Å². The Morgan fingerprint density at radius 3 is 2.43 bits per heavy atom. The van der Waals surface area contributed by atoms with Crippen LogP contribution < -0.4 is 16.8 Å². The van der Waals surface area contributed by atoms with Gasteiger partial charge < -0.3 is 41.7 Å². The molecule has 0 bridgehead atoms. The van der Waals surface area contributed by atoms with Crippen molar-refractivity contribution in [2.24, 2.45) is 16.5 Å². The monoisotopic (exact) mass is 336 g/mol. The molecular formula is C12H24N4O7. The summed E-state index contributed by atoms with van der Waals surface area (Å²) in [6.45, 7) is -1.17. The molecule has 1 rings (SSSR count). The summed E-state index contributed by atoms with van der Waals surface area (Å²) < 4.78 is 5.26. The number of carbonyl (C=O) groups is 1. The van der Waals surface area contributed by atoms with Crippen molar-refractivity contribution < 1.29 is 35.1 Å². The summed E-state index contributed by atoms with van der Waals surface area (Å²) in [6.07, 6.45) is -3.80. The third-order valence-electron chi connectivity index (χ3n) is 3.62. The highest BCUT2D eigenvalue weighted by molar-refractivity contribution is 5.75. The highest BCUT2D eigenvalue weighted by Crippen LogP contribution is 2.29. The molecule has 134 valence electrons. The van der Waals surface area contributed by atoms with E-state index in [1.54, 1.807) is 0 Å². The molecule has 0 radical (unpaired) electrons. The lowest BCUT2D eigenvalue weighted by Gasteiger charge is -2.34. The Morgan fingerprint density at radius 2 is 2.00 bits per heavy atom. The lowest BCUT2D eigenvalue weighted by atomic mass is 10.0. The summed E-state index contributed by atoms with van der Waals surface area (Å²) in [5.74, 6) is -1.35. The molecule has 0 aromatic carbocycles. The van der Waals surface area contributed by atoms with Gasteiger partial charge in [-0.25, -0.2) is 0 Å². The second kappa shape index (κ2) is 8.38. The van der Waals surface area contributed by atoms with E-state index in [9.17, 15) is 25.2 Å². The standard InChI is InChI=1S/C12H24N4O7/c13-11(14)15-3-1-2-6(10(21)22)16-12(5-18)9(20)8(19)7(4-17)23-12/h6-9,16-20H,1-5H2,(H,21,22)(H4,13,14,15)/t6?,7-,8-,9+,12?/m1/s1. The minimum absolute atomic E-state index is 0.0871. The zero-order chi connectivity index (χ0) is 17.6. The number of nitrogens with two attached hydrogens (primary N) is 2. The molecule has 0 aromatic rings. The van der Waals surface area contributed by atoms with E-state index in [-0.39, 0.29) is 18.9 Å². The molecule has 0 aliphatic carbocycles. The molecule has 11 heteroatoms.